The second-order valence-electron chi connectivity index (χ2n) is 6.22. The Labute approximate surface area is 95.1 Å². The Bertz CT molecular complexity index is 221. The van der Waals surface area contributed by atoms with Crippen LogP contribution >= 0.6 is 0 Å². The van der Waals surface area contributed by atoms with E-state index in [1.165, 1.54) is 25.7 Å². The topological polar surface area (TPSA) is 0 Å². The Morgan fingerprint density at radius 2 is 1.27 bits per heavy atom. The molecule has 0 aromatic heterocycles. The molecule has 0 amide bonds. The van der Waals surface area contributed by atoms with Gasteiger partial charge in [0, 0.05) is 0 Å². The Morgan fingerprint density at radius 1 is 0.867 bits per heavy atom. The van der Waals surface area contributed by atoms with Crippen LogP contribution < -0.4 is 0 Å². The molecule has 0 radical (unpaired) electrons. The van der Waals surface area contributed by atoms with Crippen LogP contribution in [0.2, 0.25) is 0 Å². The van der Waals surface area contributed by atoms with Crippen molar-refractivity contribution in [3.05, 3.63) is 12.2 Å². The van der Waals surface area contributed by atoms with E-state index in [0.29, 0.717) is 5.41 Å². The van der Waals surface area contributed by atoms with Crippen LogP contribution in [0.25, 0.3) is 0 Å². The minimum atomic E-state index is 0.628. The first-order valence-corrected chi connectivity index (χ1v) is 6.75. The molecule has 86 valence electrons. The molecule has 2 rings (SSSR count). The van der Waals surface area contributed by atoms with Crippen molar-refractivity contribution in [3.8, 4) is 0 Å². The summed E-state index contributed by atoms with van der Waals surface area (Å²) in [5.74, 6) is 3.60. The number of hydrogen-bond donors (Lipinski definition) is 0. The summed E-state index contributed by atoms with van der Waals surface area (Å²) < 4.78 is 0. The van der Waals surface area contributed by atoms with Crippen LogP contribution in [-0.2, 0) is 0 Å². The van der Waals surface area contributed by atoms with E-state index < -0.39 is 0 Å². The zero-order chi connectivity index (χ0) is 11.1. The highest BCUT2D eigenvalue weighted by Crippen LogP contribution is 2.60. The zero-order valence-corrected chi connectivity index (χ0v) is 10.8. The fourth-order valence-corrected chi connectivity index (χ4v) is 4.95. The highest BCUT2D eigenvalue weighted by Gasteiger charge is 2.52. The highest BCUT2D eigenvalue weighted by atomic mass is 14.6. The first-order valence-electron chi connectivity index (χ1n) is 6.75. The molecule has 1 fully saturated rings. The maximum absolute atomic E-state index is 2.46. The molecular weight excluding hydrogens is 180 g/mol. The van der Waals surface area contributed by atoms with Gasteiger partial charge in [-0.2, -0.15) is 0 Å². The van der Waals surface area contributed by atoms with Crippen LogP contribution in [-0.4, -0.2) is 0 Å². The Balaban J connectivity index is 2.38. The molecule has 0 nitrogen and oxygen atoms in total. The molecule has 0 saturated heterocycles. The third kappa shape index (κ3) is 1.48. The van der Waals surface area contributed by atoms with Crippen molar-refractivity contribution < 1.29 is 0 Å². The van der Waals surface area contributed by atoms with Gasteiger partial charge in [0.2, 0.25) is 0 Å². The average Bonchev–Trinajstić information content (AvgIpc) is 2.35. The van der Waals surface area contributed by atoms with E-state index in [-0.39, 0.29) is 0 Å². The van der Waals surface area contributed by atoms with Crippen molar-refractivity contribution in [2.75, 3.05) is 0 Å². The van der Waals surface area contributed by atoms with E-state index >= 15 is 0 Å². The molecule has 2 aliphatic rings. The summed E-state index contributed by atoms with van der Waals surface area (Å²) in [6.45, 7) is 9.82. The van der Waals surface area contributed by atoms with Crippen LogP contribution in [0.1, 0.15) is 53.4 Å². The summed E-state index contributed by atoms with van der Waals surface area (Å²) in [7, 11) is 0. The van der Waals surface area contributed by atoms with Gasteiger partial charge in [-0.15, -0.1) is 0 Å². The second kappa shape index (κ2) is 3.96. The van der Waals surface area contributed by atoms with Gasteiger partial charge in [0.05, 0.1) is 0 Å². The van der Waals surface area contributed by atoms with Gasteiger partial charge in [0.1, 0.15) is 0 Å². The summed E-state index contributed by atoms with van der Waals surface area (Å²) in [4.78, 5) is 0. The Morgan fingerprint density at radius 3 is 1.60 bits per heavy atom. The number of hydrogen-bond acceptors (Lipinski definition) is 0. The number of allylic oxidation sites excluding steroid dienone is 2. The largest absolute Gasteiger partial charge is 0.0882 e. The van der Waals surface area contributed by atoms with Crippen molar-refractivity contribution in [2.45, 2.75) is 53.4 Å². The highest BCUT2D eigenvalue weighted by molar-refractivity contribution is 5.08. The predicted molar refractivity (Wildman–Crippen MR) is 66.7 cm³/mol. The molecule has 0 aliphatic heterocycles. The van der Waals surface area contributed by atoms with Crippen molar-refractivity contribution in [2.24, 2.45) is 29.1 Å². The normalized spacial score (nSPS) is 33.7. The molecule has 2 atom stereocenters. The molecule has 0 heterocycles. The van der Waals surface area contributed by atoms with Gasteiger partial charge < -0.3 is 0 Å². The van der Waals surface area contributed by atoms with Gasteiger partial charge in [-0.3, -0.25) is 0 Å². The lowest BCUT2D eigenvalue weighted by Gasteiger charge is -2.47. The summed E-state index contributed by atoms with van der Waals surface area (Å²) in [6.07, 6.45) is 10.5. The maximum atomic E-state index is 2.46. The van der Waals surface area contributed by atoms with Crippen molar-refractivity contribution in [1.29, 1.82) is 0 Å². The zero-order valence-electron chi connectivity index (χ0n) is 10.8. The van der Waals surface area contributed by atoms with E-state index in [1.807, 2.05) is 0 Å². The lowest BCUT2D eigenvalue weighted by atomic mass is 9.58. The molecule has 2 bridgehead atoms. The van der Waals surface area contributed by atoms with Gasteiger partial charge in [-0.05, 0) is 54.8 Å². The van der Waals surface area contributed by atoms with Crippen LogP contribution in [0, 0.1) is 29.1 Å². The third-order valence-corrected chi connectivity index (χ3v) is 5.29. The summed E-state index contributed by atoms with van der Waals surface area (Å²) in [5.41, 5.74) is 0.628. The van der Waals surface area contributed by atoms with Crippen molar-refractivity contribution in [3.63, 3.8) is 0 Å². The molecule has 2 aliphatic carbocycles. The van der Waals surface area contributed by atoms with Gasteiger partial charge in [-0.25, -0.2) is 0 Å². The minimum Gasteiger partial charge on any atom is -0.0882 e. The molecule has 0 aromatic carbocycles. The summed E-state index contributed by atoms with van der Waals surface area (Å²) in [6, 6.07) is 0. The SMILES string of the molecule is CC(C)C1(C(C)C)C2CC=CCC1CC2. The lowest BCUT2D eigenvalue weighted by Crippen LogP contribution is -2.41. The molecule has 0 N–H and O–H groups in total. The molecule has 0 aromatic rings. The van der Waals surface area contributed by atoms with Crippen molar-refractivity contribution in [1.82, 2.24) is 0 Å². The molecule has 15 heavy (non-hydrogen) atoms. The molecular formula is C15H26. The smallest absolute Gasteiger partial charge is 0.0189 e. The van der Waals surface area contributed by atoms with Crippen LogP contribution in [0.3, 0.4) is 0 Å². The molecule has 0 heteroatoms. The first kappa shape index (κ1) is 11.2. The lowest BCUT2D eigenvalue weighted by molar-refractivity contribution is 0.0142. The van der Waals surface area contributed by atoms with E-state index in [4.69, 9.17) is 0 Å². The molecule has 2 unspecified atom stereocenters. The molecule has 1 saturated carbocycles. The first-order chi connectivity index (χ1) is 7.10. The van der Waals surface area contributed by atoms with Crippen LogP contribution in [0.4, 0.5) is 0 Å². The fourth-order valence-electron chi connectivity index (χ4n) is 4.95. The van der Waals surface area contributed by atoms with Gasteiger partial charge in [0.25, 0.3) is 0 Å². The average molecular weight is 206 g/mol. The van der Waals surface area contributed by atoms with Gasteiger partial charge in [0.15, 0.2) is 0 Å². The van der Waals surface area contributed by atoms with Crippen LogP contribution in [0.5, 0.6) is 0 Å². The quantitative estimate of drug-likeness (QED) is 0.576. The van der Waals surface area contributed by atoms with E-state index in [9.17, 15) is 0 Å². The third-order valence-electron chi connectivity index (χ3n) is 5.29. The van der Waals surface area contributed by atoms with E-state index in [1.54, 1.807) is 0 Å². The summed E-state index contributed by atoms with van der Waals surface area (Å²) in [5, 5.41) is 0. The van der Waals surface area contributed by atoms with Crippen LogP contribution in [0.15, 0.2) is 12.2 Å². The van der Waals surface area contributed by atoms with Crippen molar-refractivity contribution >= 4 is 0 Å². The monoisotopic (exact) mass is 206 g/mol. The minimum absolute atomic E-state index is 0.628. The standard InChI is InChI=1S/C15H26/c1-11(2)15(12(3)4)13-7-5-6-8-14(15)10-9-13/h5-6,11-14H,7-10H2,1-4H3. The molecule has 0 spiro atoms. The Kier molecular flexibility index (Phi) is 2.96. The van der Waals surface area contributed by atoms with Gasteiger partial charge >= 0.3 is 0 Å². The predicted octanol–water partition coefficient (Wildman–Crippen LogP) is 4.66. The number of rotatable bonds is 2. The second-order valence-corrected chi connectivity index (χ2v) is 6.22. The van der Waals surface area contributed by atoms with E-state index in [2.05, 4.69) is 39.8 Å². The van der Waals surface area contributed by atoms with Gasteiger partial charge in [-0.1, -0.05) is 39.8 Å². The number of fused-ring (bicyclic) bond motifs is 2. The summed E-state index contributed by atoms with van der Waals surface area (Å²) >= 11 is 0. The van der Waals surface area contributed by atoms with E-state index in [0.717, 1.165) is 23.7 Å². The fraction of sp³-hybridized carbons (Fsp3) is 0.867. The Hall–Kier alpha value is -0.260. The maximum Gasteiger partial charge on any atom is -0.0189 e.